The number of fused-ring (bicyclic) bond motifs is 1. The number of rotatable bonds is 9. The van der Waals surface area contributed by atoms with E-state index in [1.165, 1.54) is 0 Å². The molecule has 0 aliphatic rings. The highest BCUT2D eigenvalue weighted by molar-refractivity contribution is 7.80. The number of para-hydroxylation sites is 2. The molecule has 1 heterocycles. The highest BCUT2D eigenvalue weighted by Crippen LogP contribution is 2.27. The van der Waals surface area contributed by atoms with E-state index < -0.39 is 10.4 Å². The maximum Gasteiger partial charge on any atom is 0.422 e. The standard InChI is InChI=1S/C21H27N5O4S/c1-5-26(13-8-14-30-31(27,28)29)17-11-12-18(16(2)15-17)22-23-21-24(3)19-9-6-7-10-20(19)25(21)4/h6-7,9-12,15H,5,8,13-14H2,1-4H3. The van der Waals surface area contributed by atoms with Crippen LogP contribution in [0.15, 0.2) is 52.7 Å². The van der Waals surface area contributed by atoms with Crippen molar-refractivity contribution in [1.82, 2.24) is 4.57 Å². The van der Waals surface area contributed by atoms with Gasteiger partial charge >= 0.3 is 5.95 Å². The van der Waals surface area contributed by atoms with Gasteiger partial charge in [0.1, 0.15) is 16.7 Å². The fourth-order valence-corrected chi connectivity index (χ4v) is 3.86. The molecule has 0 amide bonds. The number of benzene rings is 2. The molecule has 0 aliphatic carbocycles. The van der Waals surface area contributed by atoms with Crippen molar-refractivity contribution in [3.8, 4) is 0 Å². The Kier molecular flexibility index (Phi) is 7.04. The van der Waals surface area contributed by atoms with E-state index in [0.717, 1.165) is 40.5 Å². The lowest BCUT2D eigenvalue weighted by atomic mass is 10.1. The van der Waals surface area contributed by atoms with Crippen LogP contribution in [0.4, 0.5) is 17.3 Å². The number of hydrogen-bond donors (Lipinski definition) is 0. The van der Waals surface area contributed by atoms with Crippen LogP contribution in [-0.2, 0) is 28.7 Å². The van der Waals surface area contributed by atoms with Crippen LogP contribution in [0.25, 0.3) is 11.0 Å². The van der Waals surface area contributed by atoms with Gasteiger partial charge in [-0.2, -0.15) is 0 Å². The van der Waals surface area contributed by atoms with Crippen molar-refractivity contribution in [3.63, 3.8) is 0 Å². The molecule has 0 spiro atoms. The van der Waals surface area contributed by atoms with E-state index in [1.54, 1.807) is 0 Å². The number of hydrogen-bond acceptors (Lipinski definition) is 7. The molecule has 0 fully saturated rings. The van der Waals surface area contributed by atoms with Crippen molar-refractivity contribution in [1.29, 1.82) is 0 Å². The lowest BCUT2D eigenvalue weighted by molar-refractivity contribution is -0.632. The predicted molar refractivity (Wildman–Crippen MR) is 118 cm³/mol. The number of anilines is 1. The van der Waals surface area contributed by atoms with Gasteiger partial charge in [-0.25, -0.2) is 17.6 Å². The molecule has 3 rings (SSSR count). The van der Waals surface area contributed by atoms with Crippen molar-refractivity contribution in [2.45, 2.75) is 20.3 Å². The maximum atomic E-state index is 10.5. The summed E-state index contributed by atoms with van der Waals surface area (Å²) in [4.78, 5) is 2.08. The third-order valence-corrected chi connectivity index (χ3v) is 5.63. The zero-order valence-electron chi connectivity index (χ0n) is 18.1. The molecule has 0 radical (unpaired) electrons. The van der Waals surface area contributed by atoms with Crippen molar-refractivity contribution in [2.24, 2.45) is 24.3 Å². The Bertz CT molecular complexity index is 1160. The normalized spacial score (nSPS) is 12.2. The van der Waals surface area contributed by atoms with E-state index in [4.69, 9.17) is 0 Å². The summed E-state index contributed by atoms with van der Waals surface area (Å²) in [5.41, 5.74) is 4.89. The predicted octanol–water partition coefficient (Wildman–Crippen LogP) is 3.42. The molecule has 31 heavy (non-hydrogen) atoms. The van der Waals surface area contributed by atoms with Gasteiger partial charge in [-0.05, 0) is 56.2 Å². The largest absolute Gasteiger partial charge is 0.726 e. The molecule has 9 nitrogen and oxygen atoms in total. The smallest absolute Gasteiger partial charge is 0.422 e. The summed E-state index contributed by atoms with van der Waals surface area (Å²) in [6, 6.07) is 14.0. The van der Waals surface area contributed by atoms with Crippen LogP contribution in [0.2, 0.25) is 0 Å². The lowest BCUT2D eigenvalue weighted by Gasteiger charge is -2.23. The Morgan fingerprint density at radius 3 is 2.58 bits per heavy atom. The van der Waals surface area contributed by atoms with Gasteiger partial charge in [-0.1, -0.05) is 17.2 Å². The highest BCUT2D eigenvalue weighted by atomic mass is 32.3. The zero-order valence-corrected chi connectivity index (χ0v) is 19.0. The molecule has 0 saturated heterocycles. The molecule has 2 aromatic carbocycles. The topological polar surface area (TPSA) is 103 Å². The summed E-state index contributed by atoms with van der Waals surface area (Å²) in [7, 11) is -0.713. The lowest BCUT2D eigenvalue weighted by Crippen LogP contribution is -2.26. The Balaban J connectivity index is 1.75. The average molecular weight is 446 g/mol. The highest BCUT2D eigenvalue weighted by Gasteiger charge is 2.19. The fraction of sp³-hybridized carbons (Fsp3) is 0.381. The minimum Gasteiger partial charge on any atom is -0.726 e. The van der Waals surface area contributed by atoms with Gasteiger partial charge in [-0.3, -0.25) is 4.18 Å². The van der Waals surface area contributed by atoms with Crippen molar-refractivity contribution < 1.29 is 21.7 Å². The van der Waals surface area contributed by atoms with Gasteiger partial charge in [0.15, 0.2) is 0 Å². The summed E-state index contributed by atoms with van der Waals surface area (Å²) < 4.78 is 39.9. The summed E-state index contributed by atoms with van der Waals surface area (Å²) >= 11 is 0. The molecule has 1 aromatic heterocycles. The molecule has 0 saturated carbocycles. The fourth-order valence-electron chi connectivity index (χ4n) is 3.54. The minimum atomic E-state index is -4.64. The minimum absolute atomic E-state index is 0.129. The summed E-state index contributed by atoms with van der Waals surface area (Å²) in [5.74, 6) is 0.744. The van der Waals surface area contributed by atoms with Crippen LogP contribution in [0.1, 0.15) is 18.9 Å². The van der Waals surface area contributed by atoms with Crippen LogP contribution >= 0.6 is 0 Å². The van der Waals surface area contributed by atoms with E-state index in [2.05, 4.69) is 19.3 Å². The number of azo groups is 1. The molecular weight excluding hydrogens is 418 g/mol. The molecule has 0 aliphatic heterocycles. The second kappa shape index (κ2) is 9.54. The molecule has 3 aromatic rings. The van der Waals surface area contributed by atoms with E-state index >= 15 is 0 Å². The van der Waals surface area contributed by atoms with Gasteiger partial charge in [0, 0.05) is 23.9 Å². The quantitative estimate of drug-likeness (QED) is 0.165. The first kappa shape index (κ1) is 22.9. The van der Waals surface area contributed by atoms with E-state index in [-0.39, 0.29) is 6.61 Å². The summed E-state index contributed by atoms with van der Waals surface area (Å²) in [5, 5.41) is 8.95. The van der Waals surface area contributed by atoms with Crippen LogP contribution in [0.5, 0.6) is 0 Å². The van der Waals surface area contributed by atoms with E-state index in [9.17, 15) is 13.0 Å². The molecule has 10 heteroatoms. The van der Waals surface area contributed by atoms with Crippen LogP contribution in [0, 0.1) is 6.92 Å². The third kappa shape index (κ3) is 5.46. The van der Waals surface area contributed by atoms with Crippen molar-refractivity contribution >= 4 is 38.8 Å². The van der Waals surface area contributed by atoms with Crippen LogP contribution < -0.4 is 9.47 Å². The first-order valence-electron chi connectivity index (χ1n) is 10.0. The number of nitrogens with zero attached hydrogens (tertiary/aromatic N) is 5. The SMILES string of the molecule is CCN(CCCOS(=O)(=O)[O-])c1ccc(N=Nc2n(C)c3ccccc3[n+]2C)c(C)c1. The van der Waals surface area contributed by atoms with E-state index in [0.29, 0.717) is 13.0 Å². The Labute approximate surface area is 182 Å². The van der Waals surface area contributed by atoms with Crippen molar-refractivity contribution in [2.75, 3.05) is 24.6 Å². The van der Waals surface area contributed by atoms with Gasteiger partial charge < -0.3 is 9.45 Å². The maximum absolute atomic E-state index is 10.5. The number of imidazole rings is 1. The Morgan fingerprint density at radius 1 is 1.19 bits per heavy atom. The number of aryl methyl sites for hydroxylation is 3. The van der Waals surface area contributed by atoms with Crippen LogP contribution in [-0.4, -0.2) is 37.2 Å². The molecule has 0 N–H and O–H groups in total. The molecule has 0 unspecified atom stereocenters. The van der Waals surface area contributed by atoms with Gasteiger partial charge in [0.2, 0.25) is 10.4 Å². The van der Waals surface area contributed by atoms with E-state index in [1.807, 2.05) is 79.5 Å². The molecule has 0 atom stereocenters. The Hall–Kier alpha value is -2.82. The van der Waals surface area contributed by atoms with Gasteiger partial charge in [0.05, 0.1) is 20.7 Å². The van der Waals surface area contributed by atoms with Crippen LogP contribution in [0.3, 0.4) is 0 Å². The zero-order chi connectivity index (χ0) is 22.6. The van der Waals surface area contributed by atoms with Crippen molar-refractivity contribution in [3.05, 3.63) is 48.0 Å². The first-order chi connectivity index (χ1) is 14.7. The van der Waals surface area contributed by atoms with Gasteiger partial charge in [0.25, 0.3) is 0 Å². The Morgan fingerprint density at radius 2 is 1.94 bits per heavy atom. The molecular formula is C21H27N5O4S. The average Bonchev–Trinajstić information content (AvgIpc) is 2.97. The first-order valence-corrected chi connectivity index (χ1v) is 11.4. The summed E-state index contributed by atoms with van der Waals surface area (Å²) in [6.45, 7) is 5.15. The second-order valence-electron chi connectivity index (χ2n) is 7.24. The third-order valence-electron chi connectivity index (χ3n) is 5.18. The molecule has 0 bridgehead atoms. The van der Waals surface area contributed by atoms with Gasteiger partial charge in [-0.15, -0.1) is 0 Å². The monoisotopic (exact) mass is 445 g/mol. The second-order valence-corrected chi connectivity index (χ2v) is 8.29. The summed E-state index contributed by atoms with van der Waals surface area (Å²) in [6.07, 6.45) is 0.424. The molecule has 166 valence electrons. The number of aromatic nitrogens is 2.